The highest BCUT2D eigenvalue weighted by Gasteiger charge is 2.11. The minimum Gasteiger partial charge on any atom is -0.497 e. The van der Waals surface area contributed by atoms with Crippen LogP contribution >= 0.6 is 0 Å². The van der Waals surface area contributed by atoms with Crippen molar-refractivity contribution in [2.45, 2.75) is 0 Å². The first-order chi connectivity index (χ1) is 23.6. The molecule has 0 amide bonds. The van der Waals surface area contributed by atoms with Gasteiger partial charge in [0.05, 0.1) is 21.3 Å². The minimum atomic E-state index is 0.849. The van der Waals surface area contributed by atoms with Crippen molar-refractivity contribution < 1.29 is 14.2 Å². The number of benzene rings is 7. The van der Waals surface area contributed by atoms with Gasteiger partial charge in [0.25, 0.3) is 0 Å². The molecule has 7 aromatic carbocycles. The van der Waals surface area contributed by atoms with Gasteiger partial charge in [0, 0.05) is 0 Å². The summed E-state index contributed by atoms with van der Waals surface area (Å²) in [5.41, 5.74) is 13.9. The fourth-order valence-electron chi connectivity index (χ4n) is 6.09. The molecular formula is C45H36O3. The summed E-state index contributed by atoms with van der Waals surface area (Å²) < 4.78 is 16.1. The summed E-state index contributed by atoms with van der Waals surface area (Å²) in [4.78, 5) is 0. The van der Waals surface area contributed by atoms with Crippen LogP contribution in [-0.4, -0.2) is 21.3 Å². The van der Waals surface area contributed by atoms with E-state index in [1.54, 1.807) is 21.3 Å². The van der Waals surface area contributed by atoms with Gasteiger partial charge in [-0.2, -0.15) is 0 Å². The lowest BCUT2D eigenvalue weighted by Gasteiger charge is -2.14. The fourth-order valence-corrected chi connectivity index (χ4v) is 6.09. The molecule has 0 aliphatic heterocycles. The molecule has 0 spiro atoms. The van der Waals surface area contributed by atoms with Crippen LogP contribution in [-0.2, 0) is 0 Å². The van der Waals surface area contributed by atoms with E-state index in [4.69, 9.17) is 14.2 Å². The SMILES string of the molecule is COc1ccc(-c2ccc(-c3cc(-c4cccc(-c5ccc(OC)cc5)c4)cc(-c4cccc(-c5ccc(OC)cc5)c4)c3)cc2)cc1. The monoisotopic (exact) mass is 624 g/mol. The summed E-state index contributed by atoms with van der Waals surface area (Å²) >= 11 is 0. The van der Waals surface area contributed by atoms with Crippen LogP contribution in [0.5, 0.6) is 17.2 Å². The Bertz CT molecular complexity index is 2040. The van der Waals surface area contributed by atoms with Gasteiger partial charge in [0.2, 0.25) is 0 Å². The van der Waals surface area contributed by atoms with E-state index in [2.05, 4.69) is 127 Å². The molecule has 0 saturated carbocycles. The standard InChI is InChI=1S/C45H36O3/c1-46-43-20-14-32(15-21-43)31-10-12-35(13-11-31)40-28-41(38-8-4-6-36(26-38)33-16-22-44(47-2)23-17-33)30-42(29-40)39-9-5-7-37(27-39)34-18-24-45(48-3)25-19-34/h4-30H,1-3H3. The number of hydrogen-bond acceptors (Lipinski definition) is 3. The largest absolute Gasteiger partial charge is 0.497 e. The molecule has 7 aromatic rings. The molecule has 234 valence electrons. The zero-order valence-electron chi connectivity index (χ0n) is 27.3. The Morgan fingerprint density at radius 1 is 0.229 bits per heavy atom. The Balaban J connectivity index is 1.31. The van der Waals surface area contributed by atoms with E-state index in [-0.39, 0.29) is 0 Å². The first-order valence-electron chi connectivity index (χ1n) is 16.0. The topological polar surface area (TPSA) is 27.7 Å². The highest BCUT2D eigenvalue weighted by molar-refractivity contribution is 5.84. The zero-order valence-corrected chi connectivity index (χ0v) is 27.3. The Kier molecular flexibility index (Phi) is 8.76. The minimum absolute atomic E-state index is 0.849. The van der Waals surface area contributed by atoms with Gasteiger partial charge in [0.15, 0.2) is 0 Å². The molecule has 3 nitrogen and oxygen atoms in total. The third kappa shape index (κ3) is 6.58. The van der Waals surface area contributed by atoms with Gasteiger partial charge in [0.1, 0.15) is 17.2 Å². The van der Waals surface area contributed by atoms with Crippen LogP contribution in [0.4, 0.5) is 0 Å². The molecule has 0 aliphatic rings. The van der Waals surface area contributed by atoms with Crippen LogP contribution < -0.4 is 14.2 Å². The van der Waals surface area contributed by atoms with Crippen molar-refractivity contribution in [3.8, 4) is 84.0 Å². The third-order valence-electron chi connectivity index (χ3n) is 8.81. The van der Waals surface area contributed by atoms with Crippen molar-refractivity contribution in [1.29, 1.82) is 0 Å². The summed E-state index contributed by atoms with van der Waals surface area (Å²) in [6.45, 7) is 0. The molecule has 0 atom stereocenters. The van der Waals surface area contributed by atoms with E-state index in [1.165, 1.54) is 0 Å². The average molecular weight is 625 g/mol. The average Bonchev–Trinajstić information content (AvgIpc) is 3.18. The van der Waals surface area contributed by atoms with Crippen molar-refractivity contribution in [2.24, 2.45) is 0 Å². The molecule has 0 saturated heterocycles. The summed E-state index contributed by atoms with van der Waals surface area (Å²) in [7, 11) is 5.08. The maximum Gasteiger partial charge on any atom is 0.118 e. The highest BCUT2D eigenvalue weighted by atomic mass is 16.5. The first kappa shape index (κ1) is 30.6. The second kappa shape index (κ2) is 13.7. The van der Waals surface area contributed by atoms with E-state index in [0.29, 0.717) is 0 Å². The van der Waals surface area contributed by atoms with Crippen molar-refractivity contribution >= 4 is 0 Å². The lowest BCUT2D eigenvalue weighted by atomic mass is 9.91. The van der Waals surface area contributed by atoms with Crippen LogP contribution in [0.15, 0.2) is 164 Å². The molecule has 0 aliphatic carbocycles. The van der Waals surface area contributed by atoms with E-state index >= 15 is 0 Å². The second-order valence-corrected chi connectivity index (χ2v) is 11.7. The Hall–Kier alpha value is -6.06. The zero-order chi connectivity index (χ0) is 32.9. The molecule has 0 N–H and O–H groups in total. The maximum absolute atomic E-state index is 5.39. The van der Waals surface area contributed by atoms with E-state index in [9.17, 15) is 0 Å². The fraction of sp³-hybridized carbons (Fsp3) is 0.0667. The molecule has 3 heteroatoms. The smallest absolute Gasteiger partial charge is 0.118 e. The second-order valence-electron chi connectivity index (χ2n) is 11.7. The number of rotatable bonds is 9. The van der Waals surface area contributed by atoms with Gasteiger partial charge in [-0.1, -0.05) is 97.1 Å². The normalized spacial score (nSPS) is 10.8. The lowest BCUT2D eigenvalue weighted by molar-refractivity contribution is 0.415. The van der Waals surface area contributed by atoms with Crippen molar-refractivity contribution in [2.75, 3.05) is 21.3 Å². The Morgan fingerprint density at radius 2 is 0.438 bits per heavy atom. The predicted molar refractivity (Wildman–Crippen MR) is 199 cm³/mol. The van der Waals surface area contributed by atoms with Crippen LogP contribution in [0.1, 0.15) is 0 Å². The summed E-state index contributed by atoms with van der Waals surface area (Å²) in [5, 5.41) is 0. The molecule has 0 unspecified atom stereocenters. The Morgan fingerprint density at radius 3 is 0.750 bits per heavy atom. The first-order valence-corrected chi connectivity index (χ1v) is 16.0. The molecule has 0 aromatic heterocycles. The Labute approximate surface area is 282 Å². The van der Waals surface area contributed by atoms with Gasteiger partial charge < -0.3 is 14.2 Å². The van der Waals surface area contributed by atoms with Gasteiger partial charge in [-0.05, 0) is 133 Å². The van der Waals surface area contributed by atoms with Crippen LogP contribution in [0, 0.1) is 0 Å². The number of hydrogen-bond donors (Lipinski definition) is 0. The lowest BCUT2D eigenvalue weighted by Crippen LogP contribution is -1.89. The molecule has 7 rings (SSSR count). The van der Waals surface area contributed by atoms with E-state index < -0.39 is 0 Å². The highest BCUT2D eigenvalue weighted by Crippen LogP contribution is 2.37. The van der Waals surface area contributed by atoms with Gasteiger partial charge >= 0.3 is 0 Å². The molecular weight excluding hydrogens is 588 g/mol. The van der Waals surface area contributed by atoms with Crippen LogP contribution in [0.2, 0.25) is 0 Å². The predicted octanol–water partition coefficient (Wildman–Crippen LogP) is 11.7. The van der Waals surface area contributed by atoms with Crippen molar-refractivity contribution in [3.05, 3.63) is 164 Å². The molecule has 0 radical (unpaired) electrons. The summed E-state index contributed by atoms with van der Waals surface area (Å²) in [5.74, 6) is 2.55. The number of methoxy groups -OCH3 is 3. The van der Waals surface area contributed by atoms with Crippen molar-refractivity contribution in [3.63, 3.8) is 0 Å². The maximum atomic E-state index is 5.39. The summed E-state index contributed by atoms with van der Waals surface area (Å²) in [6.07, 6.45) is 0. The number of ether oxygens (including phenoxy) is 3. The van der Waals surface area contributed by atoms with Gasteiger partial charge in [-0.3, -0.25) is 0 Å². The van der Waals surface area contributed by atoms with Crippen LogP contribution in [0.25, 0.3) is 66.8 Å². The summed E-state index contributed by atoms with van der Waals surface area (Å²) in [6, 6.07) is 57.9. The molecule has 0 bridgehead atoms. The van der Waals surface area contributed by atoms with Crippen molar-refractivity contribution in [1.82, 2.24) is 0 Å². The van der Waals surface area contributed by atoms with Crippen LogP contribution in [0.3, 0.4) is 0 Å². The van der Waals surface area contributed by atoms with Gasteiger partial charge in [-0.15, -0.1) is 0 Å². The molecule has 0 heterocycles. The quantitative estimate of drug-likeness (QED) is 0.160. The third-order valence-corrected chi connectivity index (χ3v) is 8.81. The van der Waals surface area contributed by atoms with Gasteiger partial charge in [-0.25, -0.2) is 0 Å². The van der Waals surface area contributed by atoms with E-state index in [0.717, 1.165) is 84.0 Å². The molecule has 0 fully saturated rings. The van der Waals surface area contributed by atoms with E-state index in [1.807, 2.05) is 36.4 Å². The molecule has 48 heavy (non-hydrogen) atoms.